The summed E-state index contributed by atoms with van der Waals surface area (Å²) in [6, 6.07) is 11.8. The zero-order valence-corrected chi connectivity index (χ0v) is 18.0. The number of ether oxygens (including phenoxy) is 2. The van der Waals surface area contributed by atoms with Gasteiger partial charge in [-0.15, -0.1) is 0 Å². The van der Waals surface area contributed by atoms with Gasteiger partial charge in [0.25, 0.3) is 0 Å². The third kappa shape index (κ3) is 3.50. The number of carbonyl (C=O) groups is 1. The van der Waals surface area contributed by atoms with Crippen LogP contribution in [0.15, 0.2) is 42.6 Å². The third-order valence-corrected chi connectivity index (χ3v) is 7.05. The molecule has 2 aliphatic heterocycles. The molecule has 0 unspecified atom stereocenters. The maximum absolute atomic E-state index is 11.3. The molecule has 1 atom stereocenters. The number of methoxy groups -OCH3 is 1. The molecule has 1 spiro atoms. The number of aromatic amines is 1. The number of aromatic nitrogens is 1. The first kappa shape index (κ1) is 20.1. The number of nitrogens with one attached hydrogen (secondary N) is 1. The van der Waals surface area contributed by atoms with Crippen molar-refractivity contribution in [2.24, 2.45) is 5.41 Å². The van der Waals surface area contributed by atoms with Crippen molar-refractivity contribution in [3.8, 4) is 5.75 Å². The molecule has 2 aromatic carbocycles. The van der Waals surface area contributed by atoms with E-state index in [1.165, 1.54) is 16.5 Å². The van der Waals surface area contributed by atoms with Crippen molar-refractivity contribution < 1.29 is 19.4 Å². The van der Waals surface area contributed by atoms with Crippen LogP contribution in [0.1, 0.15) is 45.9 Å². The summed E-state index contributed by atoms with van der Waals surface area (Å²) in [5, 5.41) is 10.5. The van der Waals surface area contributed by atoms with Gasteiger partial charge in [-0.25, -0.2) is 4.79 Å². The molecular weight excluding hydrogens is 392 g/mol. The number of likely N-dealkylation sites (tertiary alicyclic amines) is 1. The quantitative estimate of drug-likeness (QED) is 0.634. The van der Waals surface area contributed by atoms with Crippen LogP contribution in [0.3, 0.4) is 0 Å². The number of piperidine rings is 1. The summed E-state index contributed by atoms with van der Waals surface area (Å²) >= 11 is 0. The van der Waals surface area contributed by atoms with Gasteiger partial charge < -0.3 is 19.6 Å². The number of aryl methyl sites for hydroxylation is 1. The minimum Gasteiger partial charge on any atom is -0.496 e. The summed E-state index contributed by atoms with van der Waals surface area (Å²) in [4.78, 5) is 17.2. The average Bonchev–Trinajstić information content (AvgIpc) is 3.25. The molecule has 2 saturated heterocycles. The molecule has 0 amide bonds. The van der Waals surface area contributed by atoms with E-state index >= 15 is 0 Å². The van der Waals surface area contributed by atoms with E-state index in [0.717, 1.165) is 56.0 Å². The largest absolute Gasteiger partial charge is 0.496 e. The van der Waals surface area contributed by atoms with Crippen molar-refractivity contribution in [2.75, 3.05) is 26.9 Å². The van der Waals surface area contributed by atoms with E-state index in [1.54, 1.807) is 19.2 Å². The van der Waals surface area contributed by atoms with Crippen molar-refractivity contribution in [2.45, 2.75) is 32.4 Å². The van der Waals surface area contributed by atoms with Crippen LogP contribution in [0.5, 0.6) is 5.75 Å². The van der Waals surface area contributed by atoms with Crippen LogP contribution in [-0.4, -0.2) is 47.8 Å². The Balaban J connectivity index is 1.51. The minimum atomic E-state index is -0.893. The van der Waals surface area contributed by atoms with Gasteiger partial charge in [0.1, 0.15) is 5.75 Å². The summed E-state index contributed by atoms with van der Waals surface area (Å²) in [5.41, 5.74) is 5.24. The molecule has 2 aliphatic rings. The van der Waals surface area contributed by atoms with E-state index in [0.29, 0.717) is 5.56 Å². The Morgan fingerprint density at radius 3 is 2.71 bits per heavy atom. The van der Waals surface area contributed by atoms with Crippen molar-refractivity contribution in [3.05, 3.63) is 64.8 Å². The maximum Gasteiger partial charge on any atom is 0.335 e. The Morgan fingerprint density at radius 1 is 1.29 bits per heavy atom. The number of hydrogen-bond donors (Lipinski definition) is 2. The van der Waals surface area contributed by atoms with Gasteiger partial charge >= 0.3 is 5.97 Å². The first-order chi connectivity index (χ1) is 15.0. The zero-order chi connectivity index (χ0) is 21.6. The van der Waals surface area contributed by atoms with E-state index < -0.39 is 5.97 Å². The Bertz CT molecular complexity index is 1110. The lowest BCUT2D eigenvalue weighted by molar-refractivity contribution is -0.153. The molecule has 2 fully saturated rings. The van der Waals surface area contributed by atoms with Gasteiger partial charge in [0.15, 0.2) is 0 Å². The van der Waals surface area contributed by atoms with Crippen LogP contribution in [-0.2, 0) is 11.3 Å². The summed E-state index contributed by atoms with van der Waals surface area (Å²) in [6.07, 6.45) is 4.12. The Hall–Kier alpha value is -2.83. The van der Waals surface area contributed by atoms with Gasteiger partial charge in [-0.3, -0.25) is 4.90 Å². The molecule has 0 radical (unpaired) electrons. The number of benzene rings is 2. The number of aromatic carboxylic acids is 1. The molecule has 1 aromatic heterocycles. The minimum absolute atomic E-state index is 0.209. The molecule has 162 valence electrons. The summed E-state index contributed by atoms with van der Waals surface area (Å²) in [5.74, 6) is 0.0204. The highest BCUT2D eigenvalue weighted by molar-refractivity contribution is 5.88. The normalized spacial score (nSPS) is 20.6. The number of rotatable bonds is 5. The number of hydrogen-bond acceptors (Lipinski definition) is 4. The van der Waals surface area contributed by atoms with E-state index in [-0.39, 0.29) is 11.5 Å². The highest BCUT2D eigenvalue weighted by atomic mass is 16.5. The Kier molecular flexibility index (Phi) is 4.99. The summed E-state index contributed by atoms with van der Waals surface area (Å²) < 4.78 is 11.4. The van der Waals surface area contributed by atoms with Gasteiger partial charge in [-0.05, 0) is 61.7 Å². The van der Waals surface area contributed by atoms with Crippen molar-refractivity contribution >= 4 is 16.9 Å². The van der Waals surface area contributed by atoms with Crippen molar-refractivity contribution in [3.63, 3.8) is 0 Å². The monoisotopic (exact) mass is 420 g/mol. The summed E-state index contributed by atoms with van der Waals surface area (Å²) in [6.45, 7) is 5.48. The van der Waals surface area contributed by atoms with Gasteiger partial charge in [0, 0.05) is 40.7 Å². The van der Waals surface area contributed by atoms with Gasteiger partial charge in [-0.2, -0.15) is 0 Å². The Labute approximate surface area is 181 Å². The number of carboxylic acid groups (broad SMARTS) is 1. The molecule has 6 heteroatoms. The molecule has 6 nitrogen and oxygen atoms in total. The van der Waals surface area contributed by atoms with E-state index in [4.69, 9.17) is 9.47 Å². The standard InChI is InChI=1S/C25H28N2O4/c1-16-11-22(30-2)20(19-7-9-26-23(16)19)13-27-10-8-25(14-31-15-25)12-21(27)17-3-5-18(6-4-17)24(28)29/h3-7,9,11,21,26H,8,10,12-15H2,1-2H3,(H,28,29)/t21-/m1/s1. The molecule has 3 heterocycles. The van der Waals surface area contributed by atoms with E-state index in [9.17, 15) is 9.90 Å². The average molecular weight is 421 g/mol. The van der Waals surface area contributed by atoms with Crippen LogP contribution in [0.25, 0.3) is 10.9 Å². The highest BCUT2D eigenvalue weighted by Gasteiger charge is 2.45. The molecule has 3 aromatic rings. The topological polar surface area (TPSA) is 74.8 Å². The van der Waals surface area contributed by atoms with E-state index in [1.807, 2.05) is 18.3 Å². The fourth-order valence-corrected chi connectivity index (χ4v) is 5.18. The predicted molar refractivity (Wildman–Crippen MR) is 119 cm³/mol. The number of carboxylic acids is 1. The first-order valence-electron chi connectivity index (χ1n) is 10.8. The molecule has 0 bridgehead atoms. The second kappa shape index (κ2) is 7.70. The molecule has 2 N–H and O–H groups in total. The highest BCUT2D eigenvalue weighted by Crippen LogP contribution is 2.47. The molecule has 0 aliphatic carbocycles. The molecular formula is C25H28N2O4. The SMILES string of the molecule is COc1cc(C)c2[nH]ccc2c1CN1CCC2(COC2)C[C@@H]1c1ccc(C(=O)O)cc1. The van der Waals surface area contributed by atoms with Crippen LogP contribution in [0.4, 0.5) is 0 Å². The van der Waals surface area contributed by atoms with Gasteiger partial charge in [-0.1, -0.05) is 12.1 Å². The van der Waals surface area contributed by atoms with Crippen LogP contribution in [0.2, 0.25) is 0 Å². The van der Waals surface area contributed by atoms with Gasteiger partial charge in [0.05, 0.1) is 25.9 Å². The van der Waals surface area contributed by atoms with Gasteiger partial charge in [0.2, 0.25) is 0 Å². The lowest BCUT2D eigenvalue weighted by Crippen LogP contribution is -2.51. The lowest BCUT2D eigenvalue weighted by atomic mass is 9.72. The molecule has 0 saturated carbocycles. The molecule has 5 rings (SSSR count). The summed E-state index contributed by atoms with van der Waals surface area (Å²) in [7, 11) is 1.73. The van der Waals surface area contributed by atoms with Crippen molar-refractivity contribution in [1.29, 1.82) is 0 Å². The maximum atomic E-state index is 11.3. The molecule has 31 heavy (non-hydrogen) atoms. The zero-order valence-electron chi connectivity index (χ0n) is 18.0. The predicted octanol–water partition coefficient (Wildman–Crippen LogP) is 4.54. The van der Waals surface area contributed by atoms with Crippen LogP contribution in [0, 0.1) is 12.3 Å². The second-order valence-corrected chi connectivity index (χ2v) is 9.00. The smallest absolute Gasteiger partial charge is 0.335 e. The fraction of sp³-hybridized carbons (Fsp3) is 0.400. The first-order valence-corrected chi connectivity index (χ1v) is 10.8. The number of fused-ring (bicyclic) bond motifs is 1. The second-order valence-electron chi connectivity index (χ2n) is 9.00. The lowest BCUT2D eigenvalue weighted by Gasteiger charge is -2.51. The Morgan fingerprint density at radius 2 is 2.06 bits per heavy atom. The van der Waals surface area contributed by atoms with Crippen LogP contribution >= 0.6 is 0 Å². The van der Waals surface area contributed by atoms with Crippen LogP contribution < -0.4 is 4.74 Å². The van der Waals surface area contributed by atoms with Crippen molar-refractivity contribution in [1.82, 2.24) is 9.88 Å². The third-order valence-electron chi connectivity index (χ3n) is 7.05. The number of nitrogens with zero attached hydrogens (tertiary/aromatic N) is 1. The van der Waals surface area contributed by atoms with E-state index in [2.05, 4.69) is 28.9 Å². The fourth-order valence-electron chi connectivity index (χ4n) is 5.18. The number of H-pyrrole nitrogens is 1.